The molecule has 2 heterocycles. The topological polar surface area (TPSA) is 30.5 Å². The number of hydrogen-bond donors (Lipinski definition) is 2. The SMILES string of the molecule is Fc1ccc(Cl)cc1.[B]C(C)(C)C([B])(C)N1C(=C)N(CC)c2c1cc(NC(=C)c1cc(F)cc(C(F)(F)F)c1)c1c2C(=C)NC1. The Morgan fingerprint density at radius 3 is 2.16 bits per heavy atom. The van der Waals surface area contributed by atoms with E-state index in [9.17, 15) is 22.0 Å². The zero-order valence-electron chi connectivity index (χ0n) is 25.5. The lowest BCUT2D eigenvalue weighted by molar-refractivity contribution is -0.137. The number of nitrogens with one attached hydrogen (secondary N) is 2. The van der Waals surface area contributed by atoms with Crippen molar-refractivity contribution in [2.75, 3.05) is 21.7 Å². The van der Waals surface area contributed by atoms with E-state index in [1.54, 1.807) is 0 Å². The van der Waals surface area contributed by atoms with Crippen LogP contribution in [0, 0.1) is 11.6 Å². The molecule has 2 aliphatic rings. The van der Waals surface area contributed by atoms with Gasteiger partial charge in [-0.25, -0.2) is 8.78 Å². The molecule has 4 nitrogen and oxygen atoms in total. The highest BCUT2D eigenvalue weighted by atomic mass is 35.5. The molecule has 0 bridgehead atoms. The first kappa shape index (κ1) is 34.0. The Balaban J connectivity index is 0.000000501. The Bertz CT molecular complexity index is 1640. The summed E-state index contributed by atoms with van der Waals surface area (Å²) in [7, 11) is 13.3. The number of benzene rings is 3. The third-order valence-electron chi connectivity index (χ3n) is 8.00. The zero-order valence-corrected chi connectivity index (χ0v) is 26.2. The summed E-state index contributed by atoms with van der Waals surface area (Å²) in [6, 6.07) is 9.84. The van der Waals surface area contributed by atoms with Crippen LogP contribution in [0.5, 0.6) is 0 Å². The normalized spacial score (nSPS) is 15.5. The van der Waals surface area contributed by atoms with E-state index < -0.39 is 28.3 Å². The Labute approximate surface area is 268 Å². The van der Waals surface area contributed by atoms with Crippen molar-refractivity contribution in [1.82, 2.24) is 5.32 Å². The minimum Gasteiger partial charge on any atom is -0.381 e. The minimum absolute atomic E-state index is 0.0189. The van der Waals surface area contributed by atoms with E-state index in [2.05, 4.69) is 30.4 Å². The fourth-order valence-electron chi connectivity index (χ4n) is 5.17. The van der Waals surface area contributed by atoms with Gasteiger partial charge in [0.05, 0.1) is 24.8 Å². The molecule has 12 heteroatoms. The molecule has 1 unspecified atom stereocenters. The molecule has 0 spiro atoms. The van der Waals surface area contributed by atoms with Crippen molar-refractivity contribution in [3.05, 3.63) is 113 Å². The zero-order chi connectivity index (χ0) is 33.6. The van der Waals surface area contributed by atoms with Gasteiger partial charge in [0, 0.05) is 57.3 Å². The average molecular weight is 637 g/mol. The molecule has 232 valence electrons. The fourth-order valence-corrected chi connectivity index (χ4v) is 5.30. The van der Waals surface area contributed by atoms with Crippen LogP contribution in [0.25, 0.3) is 11.4 Å². The summed E-state index contributed by atoms with van der Waals surface area (Å²) in [6.45, 7) is 20.9. The second-order valence-corrected chi connectivity index (χ2v) is 12.0. The summed E-state index contributed by atoms with van der Waals surface area (Å²) in [5, 5.41) is 6.07. The van der Waals surface area contributed by atoms with Crippen molar-refractivity contribution in [2.45, 2.75) is 51.2 Å². The molecule has 3 aromatic carbocycles. The van der Waals surface area contributed by atoms with Crippen LogP contribution in [0.4, 0.5) is 39.0 Å². The molecule has 0 fully saturated rings. The van der Waals surface area contributed by atoms with Gasteiger partial charge in [-0.1, -0.05) is 57.4 Å². The molecule has 4 radical (unpaired) electrons. The van der Waals surface area contributed by atoms with Gasteiger partial charge in [0.25, 0.3) is 0 Å². The van der Waals surface area contributed by atoms with Crippen LogP contribution >= 0.6 is 11.6 Å². The Morgan fingerprint density at radius 2 is 1.62 bits per heavy atom. The number of fused-ring (bicyclic) bond motifs is 3. The fraction of sp³-hybridized carbons (Fsp3) is 0.273. The summed E-state index contributed by atoms with van der Waals surface area (Å²) in [4.78, 5) is 3.90. The first-order valence-corrected chi connectivity index (χ1v) is 14.4. The van der Waals surface area contributed by atoms with Crippen LogP contribution in [0.2, 0.25) is 10.3 Å². The lowest BCUT2D eigenvalue weighted by Gasteiger charge is -2.49. The number of alkyl halides is 3. The predicted molar refractivity (Wildman–Crippen MR) is 176 cm³/mol. The monoisotopic (exact) mass is 636 g/mol. The van der Waals surface area contributed by atoms with Gasteiger partial charge in [0.15, 0.2) is 0 Å². The van der Waals surface area contributed by atoms with Crippen molar-refractivity contribution in [3.8, 4) is 0 Å². The van der Waals surface area contributed by atoms with Crippen molar-refractivity contribution < 1.29 is 22.0 Å². The van der Waals surface area contributed by atoms with Crippen LogP contribution in [-0.4, -0.2) is 27.7 Å². The third-order valence-corrected chi connectivity index (χ3v) is 8.25. The predicted octanol–water partition coefficient (Wildman–Crippen LogP) is 8.85. The van der Waals surface area contributed by atoms with Crippen molar-refractivity contribution >= 4 is 55.7 Å². The highest BCUT2D eigenvalue weighted by Gasteiger charge is 2.46. The Hall–Kier alpha value is -3.85. The molecule has 5 rings (SSSR count). The lowest BCUT2D eigenvalue weighted by atomic mass is 9.51. The molecule has 2 N–H and O–H groups in total. The molecule has 0 aromatic heterocycles. The van der Waals surface area contributed by atoms with Gasteiger partial charge in [0.2, 0.25) is 0 Å². The maximum Gasteiger partial charge on any atom is 0.416 e. The van der Waals surface area contributed by atoms with E-state index in [0.717, 1.165) is 28.9 Å². The molecule has 0 saturated heterocycles. The van der Waals surface area contributed by atoms with E-state index in [-0.39, 0.29) is 17.1 Å². The molecule has 0 amide bonds. The van der Waals surface area contributed by atoms with Crippen molar-refractivity contribution in [1.29, 1.82) is 0 Å². The second-order valence-electron chi connectivity index (χ2n) is 11.6. The first-order valence-electron chi connectivity index (χ1n) is 14.0. The molecular weight excluding hydrogens is 604 g/mol. The largest absolute Gasteiger partial charge is 0.416 e. The van der Waals surface area contributed by atoms with Gasteiger partial charge < -0.3 is 20.4 Å². The summed E-state index contributed by atoms with van der Waals surface area (Å²) < 4.78 is 66.0. The van der Waals surface area contributed by atoms with Gasteiger partial charge in [-0.3, -0.25) is 0 Å². The molecule has 0 saturated carbocycles. The summed E-state index contributed by atoms with van der Waals surface area (Å²) in [5.74, 6) is -0.625. The van der Waals surface area contributed by atoms with Gasteiger partial charge in [-0.2, -0.15) is 13.2 Å². The number of anilines is 3. The highest BCUT2D eigenvalue weighted by Crippen LogP contribution is 2.55. The van der Waals surface area contributed by atoms with E-state index in [1.807, 2.05) is 43.6 Å². The van der Waals surface area contributed by atoms with Crippen LogP contribution in [0.15, 0.2) is 74.1 Å². The minimum atomic E-state index is -4.70. The van der Waals surface area contributed by atoms with Gasteiger partial charge in [-0.15, -0.1) is 0 Å². The quantitative estimate of drug-likeness (QED) is 0.209. The Kier molecular flexibility index (Phi) is 9.19. The number of halogens is 6. The molecule has 45 heavy (non-hydrogen) atoms. The van der Waals surface area contributed by atoms with Crippen molar-refractivity contribution in [3.63, 3.8) is 0 Å². The first-order chi connectivity index (χ1) is 20.8. The maximum atomic E-state index is 14.1. The maximum absolute atomic E-state index is 14.1. The van der Waals surface area contributed by atoms with Crippen molar-refractivity contribution in [2.24, 2.45) is 0 Å². The molecule has 2 aliphatic heterocycles. The molecule has 3 aromatic rings. The smallest absolute Gasteiger partial charge is 0.381 e. The van der Waals surface area contributed by atoms with Gasteiger partial charge in [0.1, 0.15) is 25.3 Å². The number of nitrogens with zero attached hydrogens (tertiary/aromatic N) is 2. The van der Waals surface area contributed by atoms with Crippen LogP contribution in [0.1, 0.15) is 49.9 Å². The van der Waals surface area contributed by atoms with Crippen LogP contribution < -0.4 is 20.4 Å². The average Bonchev–Trinajstić information content (AvgIpc) is 3.45. The lowest BCUT2D eigenvalue weighted by Crippen LogP contribution is -2.53. The van der Waals surface area contributed by atoms with E-state index in [4.69, 9.17) is 27.3 Å². The van der Waals surface area contributed by atoms with E-state index in [1.165, 1.54) is 24.3 Å². The number of hydrogen-bond acceptors (Lipinski definition) is 4. The summed E-state index contributed by atoms with van der Waals surface area (Å²) >= 11 is 5.44. The van der Waals surface area contributed by atoms with E-state index in [0.29, 0.717) is 47.1 Å². The summed E-state index contributed by atoms with van der Waals surface area (Å²) in [5.41, 5.74) is 2.44. The molecule has 1 atom stereocenters. The summed E-state index contributed by atoms with van der Waals surface area (Å²) in [6.07, 6.45) is -4.70. The number of rotatable bonds is 6. The van der Waals surface area contributed by atoms with Crippen LogP contribution in [0.3, 0.4) is 0 Å². The second kappa shape index (κ2) is 12.2. The molecule has 0 aliphatic carbocycles. The molecular formula is C33H32B2ClF5N4. The highest BCUT2D eigenvalue weighted by molar-refractivity contribution is 6.30. The van der Waals surface area contributed by atoms with Gasteiger partial charge in [-0.05, 0) is 55.5 Å². The van der Waals surface area contributed by atoms with Gasteiger partial charge >= 0.3 is 6.18 Å². The standard InChI is InChI=1S/C27H28B2F4N4.C6H4ClF/c1-8-36-16(4)37(26(7,29)25(5,6)28)22-12-21(20-13-34-15(3)23(20)24(22)36)35-14(2)17-9-18(27(31,32)33)11-19(30)10-17;7-5-1-3-6(8)4-2-5/h9-12,34-35H,2-4,8,13H2,1,5-7H3;1-4H. The Morgan fingerprint density at radius 1 is 1.00 bits per heavy atom. The van der Waals surface area contributed by atoms with E-state index >= 15 is 0 Å². The third kappa shape index (κ3) is 6.59. The van der Waals surface area contributed by atoms with Crippen LogP contribution in [-0.2, 0) is 12.7 Å².